The number of carboxylic acid groups (broad SMARTS) is 1. The highest BCUT2D eigenvalue weighted by Crippen LogP contribution is 2.28. The number of hydrogen-bond acceptors (Lipinski definition) is 2. The van der Waals surface area contributed by atoms with E-state index in [1.807, 2.05) is 6.92 Å². The Balaban J connectivity index is 2.55. The maximum atomic E-state index is 11.0. The number of hydrogen-bond donors (Lipinski definition) is 1. The number of rotatable bonds is 4. The topological polar surface area (TPSA) is 40.5 Å². The van der Waals surface area contributed by atoms with Crippen LogP contribution in [0.2, 0.25) is 0 Å². The quantitative estimate of drug-likeness (QED) is 0.778. The first-order valence-corrected chi connectivity index (χ1v) is 5.92. The van der Waals surface area contributed by atoms with E-state index in [0.29, 0.717) is 12.0 Å². The summed E-state index contributed by atoms with van der Waals surface area (Å²) < 4.78 is 0. The Hall–Kier alpha value is -0.570. The normalized spacial score (nSPS) is 29.7. The van der Waals surface area contributed by atoms with Gasteiger partial charge in [-0.2, -0.15) is 0 Å². The molecule has 0 bridgehead atoms. The van der Waals surface area contributed by atoms with Gasteiger partial charge in [0.15, 0.2) is 0 Å². The molecule has 3 atom stereocenters. The summed E-state index contributed by atoms with van der Waals surface area (Å²) in [5.74, 6) is -0.127. The lowest BCUT2D eigenvalue weighted by atomic mass is 10.00. The van der Waals surface area contributed by atoms with Gasteiger partial charge in [-0.1, -0.05) is 13.8 Å². The zero-order valence-electron chi connectivity index (χ0n) is 10.2. The zero-order valence-corrected chi connectivity index (χ0v) is 10.2. The molecule has 1 rings (SSSR count). The molecule has 1 fully saturated rings. The van der Waals surface area contributed by atoms with Crippen LogP contribution < -0.4 is 0 Å². The fourth-order valence-corrected chi connectivity index (χ4v) is 2.73. The highest BCUT2D eigenvalue weighted by Gasteiger charge is 2.37. The second-order valence-electron chi connectivity index (χ2n) is 5.19. The molecular weight excluding hydrogens is 190 g/mol. The van der Waals surface area contributed by atoms with Crippen molar-refractivity contribution in [3.8, 4) is 0 Å². The van der Waals surface area contributed by atoms with Gasteiger partial charge >= 0.3 is 5.97 Å². The van der Waals surface area contributed by atoms with Gasteiger partial charge in [-0.05, 0) is 39.2 Å². The molecule has 1 aliphatic rings. The zero-order chi connectivity index (χ0) is 11.6. The lowest BCUT2D eigenvalue weighted by Gasteiger charge is -2.30. The fourth-order valence-electron chi connectivity index (χ4n) is 2.73. The van der Waals surface area contributed by atoms with Gasteiger partial charge in [0, 0.05) is 12.1 Å². The Bertz CT molecular complexity index is 228. The average Bonchev–Trinajstić information content (AvgIpc) is 2.45. The first-order valence-electron chi connectivity index (χ1n) is 5.92. The third-order valence-corrected chi connectivity index (χ3v) is 3.50. The van der Waals surface area contributed by atoms with Gasteiger partial charge < -0.3 is 5.11 Å². The lowest BCUT2D eigenvalue weighted by Crippen LogP contribution is -2.39. The molecule has 1 saturated heterocycles. The molecule has 88 valence electrons. The van der Waals surface area contributed by atoms with Crippen LogP contribution >= 0.6 is 0 Å². The number of nitrogens with zero attached hydrogens (tertiary/aromatic N) is 1. The molecule has 3 heteroatoms. The predicted octanol–water partition coefficient (Wildman–Crippen LogP) is 2.22. The van der Waals surface area contributed by atoms with Gasteiger partial charge in [0.1, 0.15) is 0 Å². The second kappa shape index (κ2) is 4.97. The van der Waals surface area contributed by atoms with Gasteiger partial charge in [-0.3, -0.25) is 9.69 Å². The van der Waals surface area contributed by atoms with E-state index in [1.54, 1.807) is 0 Å². The molecule has 0 saturated carbocycles. The van der Waals surface area contributed by atoms with E-state index < -0.39 is 5.97 Å². The number of carbonyl (C=O) groups is 1. The summed E-state index contributed by atoms with van der Waals surface area (Å²) in [6.07, 6.45) is 1.95. The lowest BCUT2D eigenvalue weighted by molar-refractivity contribution is -0.142. The van der Waals surface area contributed by atoms with Crippen molar-refractivity contribution >= 4 is 5.97 Å². The maximum Gasteiger partial charge on any atom is 0.308 e. The van der Waals surface area contributed by atoms with Crippen molar-refractivity contribution in [2.75, 3.05) is 6.54 Å². The Morgan fingerprint density at radius 1 is 1.47 bits per heavy atom. The summed E-state index contributed by atoms with van der Waals surface area (Å²) in [6.45, 7) is 9.62. The van der Waals surface area contributed by atoms with E-state index in [4.69, 9.17) is 5.11 Å². The van der Waals surface area contributed by atoms with Gasteiger partial charge in [0.25, 0.3) is 0 Å². The van der Waals surface area contributed by atoms with Crippen LogP contribution in [0.25, 0.3) is 0 Å². The van der Waals surface area contributed by atoms with Crippen molar-refractivity contribution in [3.05, 3.63) is 0 Å². The molecular formula is C12H23NO2. The van der Waals surface area contributed by atoms with Crippen LogP contribution in [0.15, 0.2) is 0 Å². The molecule has 1 N–H and O–H groups in total. The van der Waals surface area contributed by atoms with Crippen LogP contribution in [0.1, 0.15) is 40.5 Å². The Labute approximate surface area is 92.5 Å². The molecule has 3 unspecified atom stereocenters. The molecule has 0 aromatic carbocycles. The summed E-state index contributed by atoms with van der Waals surface area (Å²) in [5.41, 5.74) is 0. The van der Waals surface area contributed by atoms with Crippen LogP contribution in [-0.4, -0.2) is 34.6 Å². The van der Waals surface area contributed by atoms with E-state index in [0.717, 1.165) is 19.4 Å². The highest BCUT2D eigenvalue weighted by atomic mass is 16.4. The van der Waals surface area contributed by atoms with Crippen LogP contribution in [0.3, 0.4) is 0 Å². The van der Waals surface area contributed by atoms with Gasteiger partial charge in [0.05, 0.1) is 5.92 Å². The minimum Gasteiger partial charge on any atom is -0.481 e. The summed E-state index contributed by atoms with van der Waals surface area (Å²) in [4.78, 5) is 13.3. The van der Waals surface area contributed by atoms with E-state index >= 15 is 0 Å². The largest absolute Gasteiger partial charge is 0.481 e. The minimum atomic E-state index is -0.637. The predicted molar refractivity (Wildman–Crippen MR) is 60.8 cm³/mol. The van der Waals surface area contributed by atoms with Crippen molar-refractivity contribution in [1.29, 1.82) is 0 Å². The fraction of sp³-hybridized carbons (Fsp3) is 0.917. The van der Waals surface area contributed by atoms with Gasteiger partial charge in [0.2, 0.25) is 0 Å². The highest BCUT2D eigenvalue weighted by molar-refractivity contribution is 5.71. The van der Waals surface area contributed by atoms with Crippen LogP contribution in [-0.2, 0) is 4.79 Å². The van der Waals surface area contributed by atoms with Crippen molar-refractivity contribution in [1.82, 2.24) is 4.90 Å². The van der Waals surface area contributed by atoms with Crippen LogP contribution in [0.5, 0.6) is 0 Å². The number of aliphatic carboxylic acids is 1. The second-order valence-corrected chi connectivity index (χ2v) is 5.19. The molecule has 0 amide bonds. The van der Waals surface area contributed by atoms with E-state index in [-0.39, 0.29) is 12.0 Å². The van der Waals surface area contributed by atoms with E-state index in [1.165, 1.54) is 0 Å². The van der Waals surface area contributed by atoms with Crippen LogP contribution in [0, 0.1) is 11.8 Å². The van der Waals surface area contributed by atoms with Crippen molar-refractivity contribution in [3.63, 3.8) is 0 Å². The monoisotopic (exact) mass is 213 g/mol. The van der Waals surface area contributed by atoms with Crippen molar-refractivity contribution < 1.29 is 9.90 Å². The molecule has 3 nitrogen and oxygen atoms in total. The Kier molecular flexibility index (Phi) is 4.14. The number of carboxylic acids is 1. The molecule has 0 aliphatic carbocycles. The van der Waals surface area contributed by atoms with Crippen molar-refractivity contribution in [2.45, 2.75) is 52.6 Å². The molecule has 0 radical (unpaired) electrons. The Morgan fingerprint density at radius 3 is 2.47 bits per heavy atom. The summed E-state index contributed by atoms with van der Waals surface area (Å²) in [7, 11) is 0. The minimum absolute atomic E-state index is 0.167. The maximum absolute atomic E-state index is 11.0. The van der Waals surface area contributed by atoms with Crippen LogP contribution in [0.4, 0.5) is 0 Å². The van der Waals surface area contributed by atoms with E-state index in [9.17, 15) is 4.79 Å². The number of likely N-dealkylation sites (tertiary alicyclic amines) is 1. The SMILES string of the molecule is CC(C)CC(C)N1CCC(C(=O)O)C1C. The first-order chi connectivity index (χ1) is 6.93. The molecule has 0 aromatic heterocycles. The molecule has 0 aromatic rings. The summed E-state index contributed by atoms with van der Waals surface area (Å²) in [6, 6.07) is 0.695. The molecule has 1 aliphatic heterocycles. The Morgan fingerprint density at radius 2 is 2.07 bits per heavy atom. The molecule has 1 heterocycles. The summed E-state index contributed by atoms with van der Waals surface area (Å²) in [5, 5.41) is 9.04. The third kappa shape index (κ3) is 2.94. The molecule has 0 spiro atoms. The summed E-state index contributed by atoms with van der Waals surface area (Å²) >= 11 is 0. The average molecular weight is 213 g/mol. The van der Waals surface area contributed by atoms with Gasteiger partial charge in [-0.15, -0.1) is 0 Å². The standard InChI is InChI=1S/C12H23NO2/c1-8(2)7-9(3)13-6-5-11(10(13)4)12(14)15/h8-11H,5-7H2,1-4H3,(H,14,15). The van der Waals surface area contributed by atoms with Gasteiger partial charge in [-0.25, -0.2) is 0 Å². The van der Waals surface area contributed by atoms with Crippen molar-refractivity contribution in [2.24, 2.45) is 11.8 Å². The smallest absolute Gasteiger partial charge is 0.308 e. The first kappa shape index (κ1) is 12.5. The third-order valence-electron chi connectivity index (χ3n) is 3.50. The van der Waals surface area contributed by atoms with E-state index in [2.05, 4.69) is 25.7 Å². The molecule has 15 heavy (non-hydrogen) atoms.